The number of hydrogen-bond acceptors (Lipinski definition) is 3. The van der Waals surface area contributed by atoms with Crippen LogP contribution in [0.15, 0.2) is 48.5 Å². The fourth-order valence-electron chi connectivity index (χ4n) is 1.76. The van der Waals surface area contributed by atoms with Gasteiger partial charge in [0.2, 0.25) is 0 Å². The van der Waals surface area contributed by atoms with E-state index in [0.717, 1.165) is 12.1 Å². The Morgan fingerprint density at radius 1 is 1.21 bits per heavy atom. The lowest BCUT2D eigenvalue weighted by atomic mass is 9.92. The Balaban J connectivity index is 2.37. The van der Waals surface area contributed by atoms with Crippen LogP contribution in [-0.2, 0) is 0 Å². The summed E-state index contributed by atoms with van der Waals surface area (Å²) in [6.07, 6.45) is 0. The fraction of sp³-hybridized carbons (Fsp3) is 0.0667. The minimum atomic E-state index is -0.981. The zero-order valence-corrected chi connectivity index (χ0v) is 9.88. The van der Waals surface area contributed by atoms with Gasteiger partial charge in [-0.1, -0.05) is 30.3 Å². The number of phenolic OH excluding ortho intramolecular Hbond substituents is 1. The number of benzene rings is 2. The maximum absolute atomic E-state index is 13.2. The first-order valence-electron chi connectivity index (χ1n) is 5.61. The molecule has 0 aromatic heterocycles. The second-order valence-electron chi connectivity index (χ2n) is 4.00. The molecule has 2 rings (SSSR count). The molecule has 0 saturated heterocycles. The van der Waals surface area contributed by atoms with Gasteiger partial charge in [-0.25, -0.2) is 4.39 Å². The van der Waals surface area contributed by atoms with E-state index in [1.165, 1.54) is 6.07 Å². The van der Waals surface area contributed by atoms with Crippen molar-refractivity contribution in [2.75, 3.05) is 0 Å². The first-order chi connectivity index (χ1) is 9.13. The molecule has 4 heteroatoms. The number of halogens is 1. The number of nitriles is 1. The normalized spacial score (nSPS) is 11.6. The Labute approximate surface area is 109 Å². The highest BCUT2D eigenvalue weighted by atomic mass is 19.1. The van der Waals surface area contributed by atoms with E-state index in [4.69, 9.17) is 10.4 Å². The van der Waals surface area contributed by atoms with Gasteiger partial charge in [0.25, 0.3) is 0 Å². The highest BCUT2D eigenvalue weighted by Gasteiger charge is 2.22. The van der Waals surface area contributed by atoms with Gasteiger partial charge in [-0.15, -0.1) is 0 Å². The second kappa shape index (κ2) is 5.32. The average molecular weight is 255 g/mol. The SMILES string of the molecule is N#CC(C(=O)c1ccc(O)c(F)c1)c1ccccc1. The van der Waals surface area contributed by atoms with Crippen molar-refractivity contribution in [1.29, 1.82) is 5.26 Å². The molecule has 0 heterocycles. The molecule has 0 fully saturated rings. The largest absolute Gasteiger partial charge is 0.505 e. The smallest absolute Gasteiger partial charge is 0.184 e. The number of Topliss-reactive ketones (excluding diaryl/α,β-unsaturated/α-hetero) is 1. The van der Waals surface area contributed by atoms with Crippen LogP contribution in [0.25, 0.3) is 0 Å². The number of hydrogen-bond donors (Lipinski definition) is 1. The Hall–Kier alpha value is -2.67. The van der Waals surface area contributed by atoms with Gasteiger partial charge in [0, 0.05) is 5.56 Å². The number of carbonyl (C=O) groups excluding carboxylic acids is 1. The van der Waals surface area contributed by atoms with Gasteiger partial charge >= 0.3 is 0 Å². The van der Waals surface area contributed by atoms with E-state index in [2.05, 4.69) is 0 Å². The zero-order chi connectivity index (χ0) is 13.8. The molecule has 0 aliphatic carbocycles. The van der Waals surface area contributed by atoms with Crippen molar-refractivity contribution in [3.63, 3.8) is 0 Å². The Morgan fingerprint density at radius 3 is 2.47 bits per heavy atom. The summed E-state index contributed by atoms with van der Waals surface area (Å²) in [4.78, 5) is 12.2. The summed E-state index contributed by atoms with van der Waals surface area (Å²) in [6, 6.07) is 13.8. The van der Waals surface area contributed by atoms with Crippen molar-refractivity contribution < 1.29 is 14.3 Å². The molecule has 19 heavy (non-hydrogen) atoms. The molecule has 94 valence electrons. The summed E-state index contributed by atoms with van der Waals surface area (Å²) in [5.41, 5.74) is 0.620. The van der Waals surface area contributed by atoms with Gasteiger partial charge in [0.1, 0.15) is 5.92 Å². The Bertz CT molecular complexity index is 647. The number of rotatable bonds is 3. The van der Waals surface area contributed by atoms with E-state index in [1.807, 2.05) is 6.07 Å². The van der Waals surface area contributed by atoms with E-state index in [9.17, 15) is 9.18 Å². The van der Waals surface area contributed by atoms with Crippen molar-refractivity contribution in [2.24, 2.45) is 0 Å². The minimum absolute atomic E-state index is 0.0608. The van der Waals surface area contributed by atoms with E-state index >= 15 is 0 Å². The summed E-state index contributed by atoms with van der Waals surface area (Å²) in [7, 11) is 0. The molecule has 2 aromatic rings. The maximum Gasteiger partial charge on any atom is 0.184 e. The second-order valence-corrected chi connectivity index (χ2v) is 4.00. The van der Waals surface area contributed by atoms with Crippen LogP contribution in [0.3, 0.4) is 0 Å². The first kappa shape index (κ1) is 12.8. The van der Waals surface area contributed by atoms with Crippen molar-refractivity contribution in [1.82, 2.24) is 0 Å². The monoisotopic (exact) mass is 255 g/mol. The van der Waals surface area contributed by atoms with Crippen LogP contribution in [0.4, 0.5) is 4.39 Å². The molecule has 0 spiro atoms. The number of ketones is 1. The lowest BCUT2D eigenvalue weighted by Gasteiger charge is -2.08. The number of aromatic hydroxyl groups is 1. The quantitative estimate of drug-likeness (QED) is 0.857. The van der Waals surface area contributed by atoms with Gasteiger partial charge in [-0.2, -0.15) is 5.26 Å². The molecule has 2 aromatic carbocycles. The predicted octanol–water partition coefficient (Wildman–Crippen LogP) is 3.02. The average Bonchev–Trinajstić information content (AvgIpc) is 2.44. The third kappa shape index (κ3) is 2.61. The summed E-state index contributed by atoms with van der Waals surface area (Å²) in [5.74, 6) is -2.88. The van der Waals surface area contributed by atoms with Gasteiger partial charge in [-0.05, 0) is 23.8 Å². The summed E-state index contributed by atoms with van der Waals surface area (Å²) >= 11 is 0. The Morgan fingerprint density at radius 2 is 1.89 bits per heavy atom. The van der Waals surface area contributed by atoms with E-state index in [0.29, 0.717) is 5.56 Å². The predicted molar refractivity (Wildman–Crippen MR) is 67.2 cm³/mol. The van der Waals surface area contributed by atoms with Gasteiger partial charge in [0.15, 0.2) is 17.3 Å². The van der Waals surface area contributed by atoms with Crippen LogP contribution >= 0.6 is 0 Å². The standard InChI is InChI=1S/C15H10FNO2/c16-13-8-11(6-7-14(13)18)15(19)12(9-17)10-4-2-1-3-5-10/h1-8,12,18H. The summed E-state index contributed by atoms with van der Waals surface area (Å²) in [6.45, 7) is 0. The van der Waals surface area contributed by atoms with Crippen molar-refractivity contribution in [2.45, 2.75) is 5.92 Å². The Kier molecular flexibility index (Phi) is 3.58. The lowest BCUT2D eigenvalue weighted by molar-refractivity contribution is 0.0978. The van der Waals surface area contributed by atoms with Crippen LogP contribution in [0.5, 0.6) is 5.75 Å². The van der Waals surface area contributed by atoms with Crippen molar-refractivity contribution in [3.05, 3.63) is 65.5 Å². The van der Waals surface area contributed by atoms with Crippen LogP contribution in [0, 0.1) is 17.1 Å². The van der Waals surface area contributed by atoms with Crippen LogP contribution in [0.2, 0.25) is 0 Å². The number of phenols is 1. The van der Waals surface area contributed by atoms with Crippen LogP contribution in [0.1, 0.15) is 21.8 Å². The molecular formula is C15H10FNO2. The van der Waals surface area contributed by atoms with E-state index in [-0.39, 0.29) is 5.56 Å². The third-order valence-electron chi connectivity index (χ3n) is 2.76. The topological polar surface area (TPSA) is 61.1 Å². The highest BCUT2D eigenvalue weighted by molar-refractivity contribution is 6.02. The van der Waals surface area contributed by atoms with Crippen LogP contribution < -0.4 is 0 Å². The van der Waals surface area contributed by atoms with E-state index < -0.39 is 23.3 Å². The third-order valence-corrected chi connectivity index (χ3v) is 2.76. The number of carbonyl (C=O) groups is 1. The molecule has 1 unspecified atom stereocenters. The molecule has 0 radical (unpaired) electrons. The minimum Gasteiger partial charge on any atom is -0.505 e. The van der Waals surface area contributed by atoms with Gasteiger partial charge in [-0.3, -0.25) is 4.79 Å². The summed E-state index contributed by atoms with van der Waals surface area (Å²) in [5, 5.41) is 18.2. The van der Waals surface area contributed by atoms with Crippen molar-refractivity contribution >= 4 is 5.78 Å². The highest BCUT2D eigenvalue weighted by Crippen LogP contribution is 2.23. The van der Waals surface area contributed by atoms with Gasteiger partial charge in [0.05, 0.1) is 6.07 Å². The molecule has 0 saturated carbocycles. The molecule has 1 N–H and O–H groups in total. The maximum atomic E-state index is 13.2. The molecule has 1 atom stereocenters. The molecule has 3 nitrogen and oxygen atoms in total. The fourth-order valence-corrected chi connectivity index (χ4v) is 1.76. The first-order valence-corrected chi connectivity index (χ1v) is 5.61. The molecule has 0 bridgehead atoms. The van der Waals surface area contributed by atoms with Gasteiger partial charge < -0.3 is 5.11 Å². The molecule has 0 aliphatic rings. The molecular weight excluding hydrogens is 245 g/mol. The summed E-state index contributed by atoms with van der Waals surface area (Å²) < 4.78 is 13.2. The molecule has 0 amide bonds. The number of nitrogens with zero attached hydrogens (tertiary/aromatic N) is 1. The zero-order valence-electron chi connectivity index (χ0n) is 9.88. The van der Waals surface area contributed by atoms with Crippen molar-refractivity contribution in [3.8, 4) is 11.8 Å². The van der Waals surface area contributed by atoms with Crippen LogP contribution in [-0.4, -0.2) is 10.9 Å². The van der Waals surface area contributed by atoms with E-state index in [1.54, 1.807) is 30.3 Å². The lowest BCUT2D eigenvalue weighted by Crippen LogP contribution is -2.11. The molecule has 0 aliphatic heterocycles.